The maximum Gasteiger partial charge on any atom is 0.417 e. The molecule has 1 aliphatic heterocycles. The zero-order valence-corrected chi connectivity index (χ0v) is 24.1. The quantitative estimate of drug-likeness (QED) is 0.230. The average Bonchev–Trinajstić information content (AvgIpc) is 3.00. The molecule has 0 atom stereocenters. The lowest BCUT2D eigenvalue weighted by Crippen LogP contribution is -2.37. The lowest BCUT2D eigenvalue weighted by atomic mass is 9.96. The molecule has 0 unspecified atom stereocenters. The van der Waals surface area contributed by atoms with Crippen molar-refractivity contribution in [2.45, 2.75) is 39.5 Å². The molecule has 0 radical (unpaired) electrons. The fourth-order valence-corrected chi connectivity index (χ4v) is 5.26. The van der Waals surface area contributed by atoms with Crippen molar-refractivity contribution in [3.63, 3.8) is 0 Å². The van der Waals surface area contributed by atoms with Crippen LogP contribution in [0.4, 0.5) is 19.1 Å². The van der Waals surface area contributed by atoms with Crippen LogP contribution in [0.25, 0.3) is 22.4 Å². The Hall–Kier alpha value is -4.60. The molecular formula is C33H32F3N3O4. The summed E-state index contributed by atoms with van der Waals surface area (Å²) in [5.74, 6) is 0.171. The summed E-state index contributed by atoms with van der Waals surface area (Å²) >= 11 is 0. The molecule has 0 spiro atoms. The van der Waals surface area contributed by atoms with Crippen molar-refractivity contribution in [3.05, 3.63) is 89.1 Å². The number of benzene rings is 3. The molecule has 1 aromatic heterocycles. The van der Waals surface area contributed by atoms with Gasteiger partial charge in [0.15, 0.2) is 0 Å². The van der Waals surface area contributed by atoms with Crippen LogP contribution in [0.2, 0.25) is 0 Å². The van der Waals surface area contributed by atoms with Crippen LogP contribution in [-0.4, -0.2) is 41.2 Å². The van der Waals surface area contributed by atoms with Gasteiger partial charge in [0.05, 0.1) is 24.3 Å². The molecular weight excluding hydrogens is 559 g/mol. The summed E-state index contributed by atoms with van der Waals surface area (Å²) in [6.45, 7) is 5.15. The van der Waals surface area contributed by atoms with Crippen LogP contribution in [0, 0.1) is 19.8 Å². The Bertz CT molecular complexity index is 1630. The van der Waals surface area contributed by atoms with E-state index < -0.39 is 17.7 Å². The summed E-state index contributed by atoms with van der Waals surface area (Å²) < 4.78 is 52.7. The van der Waals surface area contributed by atoms with Crippen LogP contribution in [-0.2, 0) is 17.6 Å². The molecule has 4 aromatic rings. The molecule has 0 amide bonds. The number of carboxylic acids is 1. The minimum absolute atomic E-state index is 0.0800. The molecule has 0 bridgehead atoms. The molecule has 1 N–H and O–H groups in total. The molecule has 10 heteroatoms. The molecule has 1 fully saturated rings. The lowest BCUT2D eigenvalue weighted by molar-refractivity contribution is -0.142. The smallest absolute Gasteiger partial charge is 0.417 e. The van der Waals surface area contributed by atoms with E-state index in [1.54, 1.807) is 24.4 Å². The summed E-state index contributed by atoms with van der Waals surface area (Å²) in [4.78, 5) is 22.5. The topological polar surface area (TPSA) is 84.8 Å². The number of anilines is 1. The summed E-state index contributed by atoms with van der Waals surface area (Å²) in [6, 6.07) is 16.8. The molecule has 224 valence electrons. The van der Waals surface area contributed by atoms with Crippen molar-refractivity contribution >= 4 is 11.9 Å². The lowest BCUT2D eigenvalue weighted by Gasteiger charge is -2.30. The van der Waals surface area contributed by atoms with Gasteiger partial charge in [-0.1, -0.05) is 35.9 Å². The molecule has 5 rings (SSSR count). The maximum atomic E-state index is 13.8. The summed E-state index contributed by atoms with van der Waals surface area (Å²) in [7, 11) is 1.34. The number of aryl methyl sites for hydroxylation is 2. The maximum absolute atomic E-state index is 13.8. The van der Waals surface area contributed by atoms with Gasteiger partial charge in [-0.05, 0) is 79.3 Å². The zero-order chi connectivity index (χ0) is 30.7. The van der Waals surface area contributed by atoms with Crippen LogP contribution in [0.5, 0.6) is 11.5 Å². The Balaban J connectivity index is 1.36. The fourth-order valence-electron chi connectivity index (χ4n) is 5.26. The van der Waals surface area contributed by atoms with E-state index in [-0.39, 0.29) is 23.8 Å². The van der Waals surface area contributed by atoms with Crippen molar-refractivity contribution in [2.75, 3.05) is 25.1 Å². The number of carbonyl (C=O) groups is 1. The van der Waals surface area contributed by atoms with E-state index in [1.165, 1.54) is 19.2 Å². The third-order valence-electron chi connectivity index (χ3n) is 7.75. The molecule has 3 aromatic carbocycles. The fraction of sp³-hybridized carbons (Fsp3) is 0.303. The normalized spacial score (nSPS) is 14.0. The van der Waals surface area contributed by atoms with Crippen LogP contribution < -0.4 is 14.4 Å². The highest BCUT2D eigenvalue weighted by atomic mass is 19.4. The van der Waals surface area contributed by atoms with E-state index in [0.717, 1.165) is 28.3 Å². The minimum atomic E-state index is -4.53. The van der Waals surface area contributed by atoms with E-state index in [9.17, 15) is 23.1 Å². The largest absolute Gasteiger partial charge is 0.497 e. The van der Waals surface area contributed by atoms with Crippen molar-refractivity contribution in [1.29, 1.82) is 0 Å². The van der Waals surface area contributed by atoms with E-state index in [4.69, 9.17) is 14.5 Å². The highest BCUT2D eigenvalue weighted by Crippen LogP contribution is 2.40. The van der Waals surface area contributed by atoms with Gasteiger partial charge in [0.25, 0.3) is 0 Å². The number of rotatable bonds is 8. The number of hydrogen-bond acceptors (Lipinski definition) is 6. The molecule has 0 saturated carbocycles. The number of piperidine rings is 1. The van der Waals surface area contributed by atoms with Gasteiger partial charge in [0.2, 0.25) is 5.95 Å². The standard InChI is InChI=1S/C33H32F3N3O4/c1-20-4-9-30(27(16-20)29-10-13-37-32(38-29)39-14-11-22(12-15-39)31(40)41)43-19-24-6-5-23(17-21(24)2)26-8-7-25(42-3)18-28(26)33(34,35)36/h4-10,13,16-18,22H,11-12,14-15,19H2,1-3H3,(H,40,41). The number of aromatic nitrogens is 2. The second-order valence-corrected chi connectivity index (χ2v) is 10.7. The summed E-state index contributed by atoms with van der Waals surface area (Å²) in [5.41, 5.74) is 3.89. The Labute approximate surface area is 247 Å². The second kappa shape index (κ2) is 12.3. The second-order valence-electron chi connectivity index (χ2n) is 10.7. The van der Waals surface area contributed by atoms with Gasteiger partial charge in [-0.3, -0.25) is 4.79 Å². The SMILES string of the molecule is COc1ccc(-c2ccc(COc3ccc(C)cc3-c3ccnc(N4CCC(C(=O)O)CC4)n3)c(C)c2)c(C(F)(F)F)c1. The summed E-state index contributed by atoms with van der Waals surface area (Å²) in [6.07, 6.45) is -1.77. The molecule has 43 heavy (non-hydrogen) atoms. The van der Waals surface area contributed by atoms with E-state index >= 15 is 0 Å². The Kier molecular flexibility index (Phi) is 8.57. The van der Waals surface area contributed by atoms with Gasteiger partial charge < -0.3 is 19.5 Å². The Morgan fingerprint density at radius 3 is 2.44 bits per heavy atom. The van der Waals surface area contributed by atoms with Crippen LogP contribution >= 0.6 is 0 Å². The van der Waals surface area contributed by atoms with Gasteiger partial charge in [-0.15, -0.1) is 0 Å². The Morgan fingerprint density at radius 2 is 1.77 bits per heavy atom. The number of methoxy groups -OCH3 is 1. The van der Waals surface area contributed by atoms with Crippen molar-refractivity contribution in [2.24, 2.45) is 5.92 Å². The van der Waals surface area contributed by atoms with E-state index in [1.807, 2.05) is 43.0 Å². The van der Waals surface area contributed by atoms with Gasteiger partial charge in [-0.25, -0.2) is 9.97 Å². The van der Waals surface area contributed by atoms with Crippen molar-refractivity contribution in [1.82, 2.24) is 9.97 Å². The molecule has 2 heterocycles. The van der Waals surface area contributed by atoms with Gasteiger partial charge >= 0.3 is 12.1 Å². The number of aliphatic carboxylic acids is 1. The molecule has 1 aliphatic rings. The molecule has 0 aliphatic carbocycles. The average molecular weight is 592 g/mol. The summed E-state index contributed by atoms with van der Waals surface area (Å²) in [5, 5.41) is 9.31. The minimum Gasteiger partial charge on any atom is -0.497 e. The number of carboxylic acid groups (broad SMARTS) is 1. The van der Waals surface area contributed by atoms with Gasteiger partial charge in [0, 0.05) is 24.8 Å². The van der Waals surface area contributed by atoms with E-state index in [0.29, 0.717) is 48.9 Å². The third-order valence-corrected chi connectivity index (χ3v) is 7.75. The predicted octanol–water partition coefficient (Wildman–Crippen LogP) is 7.33. The first-order valence-electron chi connectivity index (χ1n) is 13.9. The monoisotopic (exact) mass is 591 g/mol. The van der Waals surface area contributed by atoms with Crippen LogP contribution in [0.15, 0.2) is 66.9 Å². The first-order valence-corrected chi connectivity index (χ1v) is 13.9. The van der Waals surface area contributed by atoms with Crippen LogP contribution in [0.3, 0.4) is 0 Å². The number of alkyl halides is 3. The first kappa shape index (κ1) is 29.9. The zero-order valence-electron chi connectivity index (χ0n) is 24.1. The third kappa shape index (κ3) is 6.74. The number of nitrogens with zero attached hydrogens (tertiary/aromatic N) is 3. The van der Waals surface area contributed by atoms with Crippen LogP contribution in [0.1, 0.15) is 35.1 Å². The predicted molar refractivity (Wildman–Crippen MR) is 157 cm³/mol. The highest BCUT2D eigenvalue weighted by Gasteiger charge is 2.34. The van der Waals surface area contributed by atoms with Crippen molar-refractivity contribution < 1.29 is 32.5 Å². The molecule has 7 nitrogen and oxygen atoms in total. The first-order chi connectivity index (χ1) is 20.5. The molecule has 1 saturated heterocycles. The highest BCUT2D eigenvalue weighted by molar-refractivity contribution is 5.72. The Morgan fingerprint density at radius 1 is 1.00 bits per heavy atom. The number of halogens is 3. The van der Waals surface area contributed by atoms with Gasteiger partial charge in [-0.2, -0.15) is 13.2 Å². The van der Waals surface area contributed by atoms with E-state index in [2.05, 4.69) is 4.98 Å². The number of hydrogen-bond donors (Lipinski definition) is 1. The van der Waals surface area contributed by atoms with Crippen molar-refractivity contribution in [3.8, 4) is 33.9 Å². The number of ether oxygens (including phenoxy) is 2. The van der Waals surface area contributed by atoms with Gasteiger partial charge in [0.1, 0.15) is 18.1 Å².